The quantitative estimate of drug-likeness (QED) is 0.782. The number of furan rings is 1. The Morgan fingerprint density at radius 2 is 2.18 bits per heavy atom. The Morgan fingerprint density at radius 1 is 1.32 bits per heavy atom. The van der Waals surface area contributed by atoms with Gasteiger partial charge < -0.3 is 9.52 Å². The Hall–Kier alpha value is -2.47. The molecule has 2 heterocycles. The van der Waals surface area contributed by atoms with Crippen LogP contribution in [0.2, 0.25) is 0 Å². The molecule has 6 heteroatoms. The molecule has 3 rings (SSSR count). The van der Waals surface area contributed by atoms with Gasteiger partial charge in [-0.05, 0) is 24.3 Å². The Labute approximate surface area is 125 Å². The van der Waals surface area contributed by atoms with Gasteiger partial charge in [-0.25, -0.2) is 9.37 Å². The second-order valence-corrected chi connectivity index (χ2v) is 5.17. The van der Waals surface area contributed by atoms with Crippen molar-refractivity contribution in [2.24, 2.45) is 5.92 Å². The van der Waals surface area contributed by atoms with E-state index in [1.54, 1.807) is 18.4 Å². The van der Waals surface area contributed by atoms with Gasteiger partial charge in [-0.3, -0.25) is 9.36 Å². The van der Waals surface area contributed by atoms with E-state index in [1.165, 1.54) is 23.0 Å². The summed E-state index contributed by atoms with van der Waals surface area (Å²) in [5, 5.41) is 9.47. The smallest absolute Gasteiger partial charge is 0.264 e. The highest BCUT2D eigenvalue weighted by atomic mass is 19.1. The monoisotopic (exact) mass is 302 g/mol. The molecule has 1 atom stereocenters. The molecular formula is C16H15FN2O3. The van der Waals surface area contributed by atoms with Crippen LogP contribution < -0.4 is 5.56 Å². The maximum Gasteiger partial charge on any atom is 0.264 e. The lowest BCUT2D eigenvalue weighted by Gasteiger charge is -2.14. The maximum atomic E-state index is 13.8. The van der Waals surface area contributed by atoms with E-state index in [0.717, 1.165) is 5.76 Å². The number of halogens is 1. The largest absolute Gasteiger partial charge is 0.469 e. The van der Waals surface area contributed by atoms with E-state index in [4.69, 9.17) is 4.42 Å². The number of aliphatic hydroxyl groups is 1. The summed E-state index contributed by atoms with van der Waals surface area (Å²) in [6, 6.07) is 7.92. The first-order valence-electron chi connectivity index (χ1n) is 6.96. The Bertz CT molecular complexity index is 827. The fourth-order valence-corrected chi connectivity index (χ4v) is 2.47. The molecule has 0 amide bonds. The molecule has 1 unspecified atom stereocenters. The minimum atomic E-state index is -0.587. The van der Waals surface area contributed by atoms with E-state index in [0.29, 0.717) is 11.9 Å². The predicted molar refractivity (Wildman–Crippen MR) is 78.9 cm³/mol. The van der Waals surface area contributed by atoms with E-state index in [1.807, 2.05) is 6.07 Å². The van der Waals surface area contributed by atoms with Gasteiger partial charge in [0.15, 0.2) is 0 Å². The van der Waals surface area contributed by atoms with E-state index >= 15 is 0 Å². The second kappa shape index (κ2) is 6.11. The van der Waals surface area contributed by atoms with E-state index < -0.39 is 11.4 Å². The van der Waals surface area contributed by atoms with Gasteiger partial charge in [0.05, 0.1) is 18.1 Å². The molecule has 114 valence electrons. The van der Waals surface area contributed by atoms with Crippen molar-refractivity contribution in [1.82, 2.24) is 9.55 Å². The van der Waals surface area contributed by atoms with Gasteiger partial charge in [-0.2, -0.15) is 0 Å². The molecule has 0 bridgehead atoms. The zero-order chi connectivity index (χ0) is 15.5. The number of aliphatic hydroxyl groups excluding tert-OH is 1. The first-order chi connectivity index (χ1) is 10.7. The fourth-order valence-electron chi connectivity index (χ4n) is 2.47. The maximum absolute atomic E-state index is 13.8. The average molecular weight is 302 g/mol. The summed E-state index contributed by atoms with van der Waals surface area (Å²) in [5.41, 5.74) is -0.117. The van der Waals surface area contributed by atoms with Gasteiger partial charge in [0.2, 0.25) is 0 Å². The molecule has 0 aliphatic heterocycles. The van der Waals surface area contributed by atoms with Crippen LogP contribution in [0.4, 0.5) is 4.39 Å². The third-order valence-electron chi connectivity index (χ3n) is 3.59. The van der Waals surface area contributed by atoms with Gasteiger partial charge in [-0.1, -0.05) is 6.07 Å². The first-order valence-corrected chi connectivity index (χ1v) is 6.96. The number of fused-ring (bicyclic) bond motifs is 1. The number of hydrogen-bond acceptors (Lipinski definition) is 4. The van der Waals surface area contributed by atoms with E-state index in [2.05, 4.69) is 4.98 Å². The SMILES string of the molecule is O=c1c2c(F)cccc2ncn1CC(CO)Cc1ccco1. The summed E-state index contributed by atoms with van der Waals surface area (Å²) in [5.74, 6) is -0.0714. The lowest BCUT2D eigenvalue weighted by atomic mass is 10.0. The van der Waals surface area contributed by atoms with Crippen LogP contribution in [-0.2, 0) is 13.0 Å². The molecule has 1 N–H and O–H groups in total. The zero-order valence-electron chi connectivity index (χ0n) is 11.8. The molecule has 2 aromatic heterocycles. The van der Waals surface area contributed by atoms with Crippen molar-refractivity contribution in [3.63, 3.8) is 0 Å². The molecule has 22 heavy (non-hydrogen) atoms. The van der Waals surface area contributed by atoms with Crippen LogP contribution >= 0.6 is 0 Å². The topological polar surface area (TPSA) is 68.3 Å². The molecule has 3 aromatic rings. The van der Waals surface area contributed by atoms with Crippen LogP contribution in [0.5, 0.6) is 0 Å². The van der Waals surface area contributed by atoms with Crippen LogP contribution in [0.1, 0.15) is 5.76 Å². The minimum absolute atomic E-state index is 0.0281. The van der Waals surface area contributed by atoms with Crippen molar-refractivity contribution in [3.8, 4) is 0 Å². The lowest BCUT2D eigenvalue weighted by molar-refractivity contribution is 0.203. The predicted octanol–water partition coefficient (Wildman–Crippen LogP) is 1.98. The number of aromatic nitrogens is 2. The number of rotatable bonds is 5. The third-order valence-corrected chi connectivity index (χ3v) is 3.59. The van der Waals surface area contributed by atoms with Crippen molar-refractivity contribution in [2.45, 2.75) is 13.0 Å². The summed E-state index contributed by atoms with van der Waals surface area (Å²) in [6.07, 6.45) is 3.43. The third kappa shape index (κ3) is 2.78. The average Bonchev–Trinajstić information content (AvgIpc) is 3.02. The highest BCUT2D eigenvalue weighted by molar-refractivity contribution is 5.77. The summed E-state index contributed by atoms with van der Waals surface area (Å²) in [6.45, 7) is 0.135. The highest BCUT2D eigenvalue weighted by Gasteiger charge is 2.15. The van der Waals surface area contributed by atoms with Gasteiger partial charge in [0.1, 0.15) is 17.0 Å². The molecule has 5 nitrogen and oxygen atoms in total. The van der Waals surface area contributed by atoms with Crippen molar-refractivity contribution >= 4 is 10.9 Å². The van der Waals surface area contributed by atoms with Crippen molar-refractivity contribution in [1.29, 1.82) is 0 Å². The summed E-state index contributed by atoms with van der Waals surface area (Å²) in [4.78, 5) is 16.5. The first kappa shape index (κ1) is 14.5. The highest BCUT2D eigenvalue weighted by Crippen LogP contribution is 2.13. The lowest BCUT2D eigenvalue weighted by Crippen LogP contribution is -2.27. The molecular weight excluding hydrogens is 287 g/mol. The molecule has 1 aromatic carbocycles. The molecule has 0 fully saturated rings. The van der Waals surface area contributed by atoms with Crippen LogP contribution in [0, 0.1) is 11.7 Å². The van der Waals surface area contributed by atoms with Gasteiger partial charge in [0.25, 0.3) is 5.56 Å². The second-order valence-electron chi connectivity index (χ2n) is 5.17. The molecule has 0 aliphatic carbocycles. The van der Waals surface area contributed by atoms with Crippen LogP contribution in [0.15, 0.2) is 52.1 Å². The molecule has 0 spiro atoms. The molecule has 0 saturated heterocycles. The number of benzene rings is 1. The fraction of sp³-hybridized carbons (Fsp3) is 0.250. The van der Waals surface area contributed by atoms with Gasteiger partial charge in [0, 0.05) is 25.5 Å². The van der Waals surface area contributed by atoms with E-state index in [9.17, 15) is 14.3 Å². The number of hydrogen-bond donors (Lipinski definition) is 1. The van der Waals surface area contributed by atoms with Crippen molar-refractivity contribution < 1.29 is 13.9 Å². The Balaban J connectivity index is 1.91. The zero-order valence-corrected chi connectivity index (χ0v) is 11.8. The Morgan fingerprint density at radius 3 is 2.91 bits per heavy atom. The number of nitrogens with zero attached hydrogens (tertiary/aromatic N) is 2. The van der Waals surface area contributed by atoms with Crippen LogP contribution in [0.3, 0.4) is 0 Å². The van der Waals surface area contributed by atoms with Crippen molar-refractivity contribution in [3.05, 3.63) is 64.9 Å². The molecule has 0 aliphatic rings. The normalized spacial score (nSPS) is 12.6. The van der Waals surface area contributed by atoms with Gasteiger partial charge >= 0.3 is 0 Å². The van der Waals surface area contributed by atoms with Crippen LogP contribution in [0.25, 0.3) is 10.9 Å². The standard InChI is InChI=1S/C16H15FN2O3/c17-13-4-1-5-14-15(13)16(21)19(10-18-14)8-11(9-20)7-12-3-2-6-22-12/h1-6,10-11,20H,7-9H2. The molecule has 0 radical (unpaired) electrons. The molecule has 0 saturated carbocycles. The minimum Gasteiger partial charge on any atom is -0.469 e. The summed E-state index contributed by atoms with van der Waals surface area (Å²) < 4.78 is 20.4. The van der Waals surface area contributed by atoms with Gasteiger partial charge in [-0.15, -0.1) is 0 Å². The van der Waals surface area contributed by atoms with Crippen LogP contribution in [-0.4, -0.2) is 21.3 Å². The Kier molecular flexibility index (Phi) is 4.02. The van der Waals surface area contributed by atoms with E-state index in [-0.39, 0.29) is 24.5 Å². The van der Waals surface area contributed by atoms with Crippen molar-refractivity contribution in [2.75, 3.05) is 6.61 Å². The summed E-state index contributed by atoms with van der Waals surface area (Å²) >= 11 is 0. The summed E-state index contributed by atoms with van der Waals surface area (Å²) in [7, 11) is 0.